The first-order valence-corrected chi connectivity index (χ1v) is 10.9. The molecule has 0 unspecified atom stereocenters. The summed E-state index contributed by atoms with van der Waals surface area (Å²) in [5.41, 5.74) is 6.57. The van der Waals surface area contributed by atoms with E-state index >= 15 is 0 Å². The summed E-state index contributed by atoms with van der Waals surface area (Å²) < 4.78 is 0. The van der Waals surface area contributed by atoms with Crippen molar-refractivity contribution in [3.8, 4) is 0 Å². The second kappa shape index (κ2) is 8.58. The molecule has 2 aliphatic rings. The van der Waals surface area contributed by atoms with Gasteiger partial charge in [-0.3, -0.25) is 4.79 Å². The summed E-state index contributed by atoms with van der Waals surface area (Å²) in [5.74, 6) is 0.685. The summed E-state index contributed by atoms with van der Waals surface area (Å²) in [7, 11) is 0. The normalized spacial score (nSPS) is 22.6. The van der Waals surface area contributed by atoms with Gasteiger partial charge in [-0.15, -0.1) is 0 Å². The van der Waals surface area contributed by atoms with Crippen LogP contribution in [-0.4, -0.2) is 50.1 Å². The fourth-order valence-corrected chi connectivity index (χ4v) is 4.96. The van der Waals surface area contributed by atoms with Crippen molar-refractivity contribution in [2.24, 2.45) is 5.92 Å². The van der Waals surface area contributed by atoms with E-state index in [1.807, 2.05) is 0 Å². The lowest BCUT2D eigenvalue weighted by Crippen LogP contribution is -2.53. The van der Waals surface area contributed by atoms with Crippen LogP contribution in [0.3, 0.4) is 0 Å². The zero-order valence-electron chi connectivity index (χ0n) is 17.9. The van der Waals surface area contributed by atoms with E-state index in [-0.39, 0.29) is 5.92 Å². The smallest absolute Gasteiger partial charge is 0.227 e. The number of carbonyl (C=O) groups excluding carboxylic acids is 1. The van der Waals surface area contributed by atoms with E-state index in [4.69, 9.17) is 0 Å². The van der Waals surface area contributed by atoms with Crippen LogP contribution < -0.4 is 10.2 Å². The van der Waals surface area contributed by atoms with Crippen LogP contribution in [-0.2, 0) is 4.79 Å². The van der Waals surface area contributed by atoms with Crippen molar-refractivity contribution in [2.75, 3.05) is 44.2 Å². The SMILES string of the molecule is Cc1ccc(C)c(N2CCN(C(=O)[C@@H]3CNCC[C@@H]3c3ccccc3C)CC2)c1. The first-order chi connectivity index (χ1) is 14.0. The molecule has 0 bridgehead atoms. The second-order valence-electron chi connectivity index (χ2n) is 8.66. The van der Waals surface area contributed by atoms with Gasteiger partial charge in [0.1, 0.15) is 0 Å². The minimum Gasteiger partial charge on any atom is -0.368 e. The topological polar surface area (TPSA) is 35.6 Å². The molecule has 1 N–H and O–H groups in total. The molecule has 0 saturated carbocycles. The summed E-state index contributed by atoms with van der Waals surface area (Å²) in [6, 6.07) is 15.2. The number of nitrogens with zero attached hydrogens (tertiary/aromatic N) is 2. The highest BCUT2D eigenvalue weighted by atomic mass is 16.2. The van der Waals surface area contributed by atoms with Crippen molar-refractivity contribution >= 4 is 11.6 Å². The Morgan fingerprint density at radius 3 is 2.48 bits per heavy atom. The minimum atomic E-state index is 0.0390. The second-order valence-corrected chi connectivity index (χ2v) is 8.66. The van der Waals surface area contributed by atoms with E-state index in [9.17, 15) is 4.79 Å². The van der Waals surface area contributed by atoms with Crippen LogP contribution >= 0.6 is 0 Å². The molecule has 2 saturated heterocycles. The summed E-state index contributed by atoms with van der Waals surface area (Å²) in [6.45, 7) is 11.7. The number of amides is 1. The van der Waals surface area contributed by atoms with Crippen LogP contribution in [0, 0.1) is 26.7 Å². The van der Waals surface area contributed by atoms with Gasteiger partial charge in [-0.05, 0) is 68.0 Å². The van der Waals surface area contributed by atoms with E-state index in [2.05, 4.69) is 78.4 Å². The predicted molar refractivity (Wildman–Crippen MR) is 120 cm³/mol. The maximum atomic E-state index is 13.5. The number of piperazine rings is 1. The number of carbonyl (C=O) groups is 1. The predicted octanol–water partition coefficient (Wildman–Crippen LogP) is 3.65. The zero-order chi connectivity index (χ0) is 20.4. The molecule has 2 aromatic rings. The van der Waals surface area contributed by atoms with Gasteiger partial charge in [-0.25, -0.2) is 0 Å². The third kappa shape index (κ3) is 4.18. The molecule has 0 spiro atoms. The van der Waals surface area contributed by atoms with Crippen LogP contribution in [0.5, 0.6) is 0 Å². The Morgan fingerprint density at radius 2 is 1.72 bits per heavy atom. The van der Waals surface area contributed by atoms with E-state index in [0.717, 1.165) is 45.7 Å². The van der Waals surface area contributed by atoms with E-state index < -0.39 is 0 Å². The summed E-state index contributed by atoms with van der Waals surface area (Å²) in [4.78, 5) is 18.0. The fraction of sp³-hybridized carbons (Fsp3) is 0.480. The number of rotatable bonds is 3. The van der Waals surface area contributed by atoms with Gasteiger partial charge < -0.3 is 15.1 Å². The molecule has 4 heteroatoms. The number of hydrogen-bond donors (Lipinski definition) is 1. The lowest BCUT2D eigenvalue weighted by molar-refractivity contribution is -0.137. The zero-order valence-corrected chi connectivity index (χ0v) is 17.9. The van der Waals surface area contributed by atoms with Gasteiger partial charge in [0.15, 0.2) is 0 Å². The largest absolute Gasteiger partial charge is 0.368 e. The minimum absolute atomic E-state index is 0.0390. The molecule has 0 aromatic heterocycles. The maximum Gasteiger partial charge on any atom is 0.227 e. The Morgan fingerprint density at radius 1 is 0.966 bits per heavy atom. The Labute approximate surface area is 174 Å². The van der Waals surface area contributed by atoms with Crippen molar-refractivity contribution in [1.29, 1.82) is 0 Å². The Kier molecular flexibility index (Phi) is 5.91. The molecule has 0 aliphatic carbocycles. The monoisotopic (exact) mass is 391 g/mol. The van der Waals surface area contributed by atoms with Gasteiger partial charge in [0, 0.05) is 38.4 Å². The number of anilines is 1. The van der Waals surface area contributed by atoms with Crippen molar-refractivity contribution < 1.29 is 4.79 Å². The van der Waals surface area contributed by atoms with E-state index in [1.54, 1.807) is 0 Å². The van der Waals surface area contributed by atoms with Crippen molar-refractivity contribution in [3.05, 3.63) is 64.7 Å². The van der Waals surface area contributed by atoms with Gasteiger partial charge in [0.2, 0.25) is 5.91 Å². The number of piperidine rings is 1. The molecule has 154 valence electrons. The highest BCUT2D eigenvalue weighted by Gasteiger charge is 2.36. The van der Waals surface area contributed by atoms with Gasteiger partial charge >= 0.3 is 0 Å². The molecule has 4 nitrogen and oxygen atoms in total. The summed E-state index contributed by atoms with van der Waals surface area (Å²) in [6.07, 6.45) is 1.03. The first-order valence-electron chi connectivity index (χ1n) is 10.9. The van der Waals surface area contributed by atoms with Crippen LogP contribution in [0.25, 0.3) is 0 Å². The Bertz CT molecular complexity index is 870. The van der Waals surface area contributed by atoms with Crippen LogP contribution in [0.1, 0.15) is 34.6 Å². The van der Waals surface area contributed by atoms with Crippen LogP contribution in [0.4, 0.5) is 5.69 Å². The van der Waals surface area contributed by atoms with Crippen LogP contribution in [0.2, 0.25) is 0 Å². The maximum absolute atomic E-state index is 13.5. The van der Waals surface area contributed by atoms with Crippen LogP contribution in [0.15, 0.2) is 42.5 Å². The molecule has 2 fully saturated rings. The highest BCUT2D eigenvalue weighted by molar-refractivity contribution is 5.81. The number of nitrogens with one attached hydrogen (secondary N) is 1. The van der Waals surface area contributed by atoms with Crippen molar-refractivity contribution in [2.45, 2.75) is 33.1 Å². The molecule has 2 atom stereocenters. The average Bonchev–Trinajstić information content (AvgIpc) is 2.75. The number of benzene rings is 2. The molecule has 4 rings (SSSR count). The number of hydrogen-bond acceptors (Lipinski definition) is 3. The molecular weight excluding hydrogens is 358 g/mol. The average molecular weight is 392 g/mol. The first kappa shape index (κ1) is 20.0. The van der Waals surface area contributed by atoms with Gasteiger partial charge in [0.25, 0.3) is 0 Å². The summed E-state index contributed by atoms with van der Waals surface area (Å²) >= 11 is 0. The lowest BCUT2D eigenvalue weighted by atomic mass is 9.78. The van der Waals surface area contributed by atoms with E-state index in [1.165, 1.54) is 27.9 Å². The quantitative estimate of drug-likeness (QED) is 0.867. The fourth-order valence-electron chi connectivity index (χ4n) is 4.96. The lowest BCUT2D eigenvalue weighted by Gasteiger charge is -2.41. The van der Waals surface area contributed by atoms with Gasteiger partial charge in [-0.2, -0.15) is 0 Å². The van der Waals surface area contributed by atoms with Crippen molar-refractivity contribution in [3.63, 3.8) is 0 Å². The molecule has 2 aliphatic heterocycles. The molecule has 29 heavy (non-hydrogen) atoms. The molecular formula is C25H33N3O. The van der Waals surface area contributed by atoms with E-state index in [0.29, 0.717) is 11.8 Å². The standard InChI is InChI=1S/C25H33N3O/c1-18-8-9-20(3)24(16-18)27-12-14-28(15-13-27)25(29)23-17-26-11-10-22(23)21-7-5-4-6-19(21)2/h4-9,16,22-23,26H,10-15,17H2,1-3H3/t22-,23-/m1/s1. The third-order valence-electron chi connectivity index (χ3n) is 6.68. The molecule has 2 heterocycles. The molecule has 0 radical (unpaired) electrons. The van der Waals surface area contributed by atoms with Crippen molar-refractivity contribution in [1.82, 2.24) is 10.2 Å². The molecule has 1 amide bonds. The summed E-state index contributed by atoms with van der Waals surface area (Å²) in [5, 5.41) is 3.46. The molecule has 2 aromatic carbocycles. The Balaban J connectivity index is 1.46. The third-order valence-corrected chi connectivity index (χ3v) is 6.68. The van der Waals surface area contributed by atoms with Gasteiger partial charge in [0.05, 0.1) is 5.92 Å². The number of aryl methyl sites for hydroxylation is 3. The van der Waals surface area contributed by atoms with Gasteiger partial charge in [-0.1, -0.05) is 36.4 Å². The highest BCUT2D eigenvalue weighted by Crippen LogP contribution is 2.34. The Hall–Kier alpha value is -2.33.